The van der Waals surface area contributed by atoms with Crippen LogP contribution in [0.3, 0.4) is 0 Å². The Bertz CT molecular complexity index is 489. The Morgan fingerprint density at radius 2 is 1.76 bits per heavy atom. The predicted molar refractivity (Wildman–Crippen MR) is 71.0 cm³/mol. The molecule has 0 aromatic heterocycles. The lowest BCUT2D eigenvalue weighted by atomic mass is 10.0. The summed E-state index contributed by atoms with van der Waals surface area (Å²) in [6, 6.07) is 15.6. The number of hydrogen-bond acceptors (Lipinski definition) is 1. The van der Waals surface area contributed by atoms with Gasteiger partial charge in [-0.2, -0.15) is 0 Å². The zero-order valence-electron chi connectivity index (χ0n) is 9.60. The van der Waals surface area contributed by atoms with Crippen molar-refractivity contribution in [2.24, 2.45) is 0 Å². The Morgan fingerprint density at radius 1 is 1.06 bits per heavy atom. The van der Waals surface area contributed by atoms with Gasteiger partial charge in [-0.3, -0.25) is 0 Å². The van der Waals surface area contributed by atoms with Crippen molar-refractivity contribution >= 4 is 11.6 Å². The van der Waals surface area contributed by atoms with E-state index in [0.717, 1.165) is 21.7 Å². The van der Waals surface area contributed by atoms with Gasteiger partial charge in [0.25, 0.3) is 0 Å². The van der Waals surface area contributed by atoms with E-state index in [1.165, 1.54) is 0 Å². The molecule has 2 aromatic rings. The molecule has 1 unspecified atom stereocenters. The lowest BCUT2D eigenvalue weighted by Crippen LogP contribution is -1.91. The summed E-state index contributed by atoms with van der Waals surface area (Å²) in [7, 11) is 0. The van der Waals surface area contributed by atoms with Crippen LogP contribution in [0.5, 0.6) is 0 Å². The van der Waals surface area contributed by atoms with E-state index >= 15 is 0 Å². The third kappa shape index (κ3) is 3.32. The summed E-state index contributed by atoms with van der Waals surface area (Å²) in [6.07, 6.45) is 1.63. The molecule has 17 heavy (non-hydrogen) atoms. The van der Waals surface area contributed by atoms with Crippen LogP contribution >= 0.6 is 11.6 Å². The summed E-state index contributed by atoms with van der Waals surface area (Å²) in [5.41, 5.74) is 3.09. The van der Waals surface area contributed by atoms with Gasteiger partial charge in [0, 0.05) is 11.4 Å². The summed E-state index contributed by atoms with van der Waals surface area (Å²) in [4.78, 5) is 0. The van der Waals surface area contributed by atoms with Crippen LogP contribution in [-0.2, 0) is 0 Å². The normalized spacial score (nSPS) is 12.4. The highest BCUT2D eigenvalue weighted by atomic mass is 35.5. The van der Waals surface area contributed by atoms with Crippen molar-refractivity contribution < 1.29 is 5.11 Å². The van der Waals surface area contributed by atoms with E-state index < -0.39 is 6.10 Å². The molecule has 0 bridgehead atoms. The van der Waals surface area contributed by atoms with Crippen molar-refractivity contribution in [2.45, 2.75) is 13.0 Å². The van der Waals surface area contributed by atoms with Crippen LogP contribution in [0.4, 0.5) is 0 Å². The van der Waals surface area contributed by atoms with Crippen molar-refractivity contribution in [3.05, 3.63) is 76.7 Å². The molecule has 0 saturated carbocycles. The largest absolute Gasteiger partial charge is 0.389 e. The minimum absolute atomic E-state index is 0.421. The van der Waals surface area contributed by atoms with E-state index in [0.29, 0.717) is 0 Å². The molecule has 1 atom stereocenters. The molecule has 0 aliphatic heterocycles. The maximum absolute atomic E-state index is 9.41. The third-order valence-electron chi connectivity index (χ3n) is 2.60. The molecule has 2 heteroatoms. The first-order valence-electron chi connectivity index (χ1n) is 5.53. The van der Waals surface area contributed by atoms with E-state index in [-0.39, 0.29) is 0 Å². The molecule has 1 N–H and O–H groups in total. The van der Waals surface area contributed by atoms with Crippen molar-refractivity contribution in [3.63, 3.8) is 0 Å². The highest BCUT2D eigenvalue weighted by Gasteiger charge is 2.01. The van der Waals surface area contributed by atoms with Crippen molar-refractivity contribution in [2.75, 3.05) is 0 Å². The number of benzene rings is 2. The van der Waals surface area contributed by atoms with E-state index in [4.69, 9.17) is 11.6 Å². The number of aliphatic hydroxyl groups excluding tert-OH is 1. The first-order chi connectivity index (χ1) is 8.15. The van der Waals surface area contributed by atoms with Gasteiger partial charge in [-0.05, 0) is 35.7 Å². The zero-order chi connectivity index (χ0) is 12.3. The summed E-state index contributed by atoms with van der Waals surface area (Å²) in [6.45, 7) is 1.76. The highest BCUT2D eigenvalue weighted by Crippen LogP contribution is 2.18. The van der Waals surface area contributed by atoms with E-state index in [9.17, 15) is 5.11 Å². The van der Waals surface area contributed by atoms with Crippen LogP contribution in [0.15, 0.2) is 48.5 Å². The molecule has 0 amide bonds. The van der Waals surface area contributed by atoms with E-state index in [1.807, 2.05) is 48.5 Å². The smallest absolute Gasteiger partial charge is 0.0761 e. The Kier molecular flexibility index (Phi) is 3.82. The van der Waals surface area contributed by atoms with Crippen LogP contribution in [0, 0.1) is 6.42 Å². The summed E-state index contributed by atoms with van der Waals surface area (Å²) in [5.74, 6) is 0. The Balaban J connectivity index is 2.14. The molecule has 0 heterocycles. The molecule has 1 nitrogen and oxygen atoms in total. The Hall–Kier alpha value is -1.31. The molecule has 1 radical (unpaired) electrons. The Morgan fingerprint density at radius 3 is 2.35 bits per heavy atom. The second kappa shape index (κ2) is 5.35. The van der Waals surface area contributed by atoms with E-state index in [1.54, 1.807) is 6.92 Å². The number of rotatable bonds is 3. The van der Waals surface area contributed by atoms with Crippen LogP contribution in [-0.4, -0.2) is 5.11 Å². The molecular formula is C15H14ClO. The minimum atomic E-state index is -0.421. The molecule has 0 spiro atoms. The molecule has 0 saturated heterocycles. The van der Waals surface area contributed by atoms with Crippen LogP contribution < -0.4 is 0 Å². The summed E-state index contributed by atoms with van der Waals surface area (Å²) < 4.78 is 0. The third-order valence-corrected chi connectivity index (χ3v) is 2.84. The molecule has 87 valence electrons. The van der Waals surface area contributed by atoms with Gasteiger partial charge in [-0.25, -0.2) is 0 Å². The molecule has 0 aliphatic carbocycles. The van der Waals surface area contributed by atoms with Crippen molar-refractivity contribution in [1.82, 2.24) is 0 Å². The Labute approximate surface area is 107 Å². The minimum Gasteiger partial charge on any atom is -0.389 e. The fourth-order valence-corrected chi connectivity index (χ4v) is 1.86. The van der Waals surface area contributed by atoms with Gasteiger partial charge < -0.3 is 5.11 Å². The SMILES string of the molecule is CC(O)c1ccc([CH]c2cccc(Cl)c2)cc1. The molecular weight excluding hydrogens is 232 g/mol. The monoisotopic (exact) mass is 245 g/mol. The topological polar surface area (TPSA) is 20.2 Å². The lowest BCUT2D eigenvalue weighted by Gasteiger charge is -2.06. The standard InChI is InChI=1S/C15H14ClO/c1-11(17)14-7-5-12(6-8-14)9-13-3-2-4-15(16)10-13/h2-11,17H,1H3. The van der Waals surface area contributed by atoms with Gasteiger partial charge in [0.15, 0.2) is 0 Å². The maximum atomic E-state index is 9.41. The number of hydrogen-bond donors (Lipinski definition) is 1. The zero-order valence-corrected chi connectivity index (χ0v) is 10.4. The second-order valence-electron chi connectivity index (χ2n) is 4.04. The van der Waals surface area contributed by atoms with Gasteiger partial charge in [0.05, 0.1) is 6.10 Å². The first kappa shape index (κ1) is 12.2. The number of halogens is 1. The average Bonchev–Trinajstić information content (AvgIpc) is 2.29. The van der Waals surface area contributed by atoms with Crippen LogP contribution in [0.1, 0.15) is 29.7 Å². The fraction of sp³-hybridized carbons (Fsp3) is 0.133. The van der Waals surface area contributed by atoms with E-state index in [2.05, 4.69) is 6.42 Å². The highest BCUT2D eigenvalue weighted by molar-refractivity contribution is 6.30. The first-order valence-corrected chi connectivity index (χ1v) is 5.91. The second-order valence-corrected chi connectivity index (χ2v) is 4.48. The van der Waals surface area contributed by atoms with Crippen molar-refractivity contribution in [1.29, 1.82) is 0 Å². The van der Waals surface area contributed by atoms with Crippen molar-refractivity contribution in [3.8, 4) is 0 Å². The molecule has 2 aromatic carbocycles. The van der Waals surface area contributed by atoms with Gasteiger partial charge >= 0.3 is 0 Å². The number of aliphatic hydroxyl groups is 1. The van der Waals surface area contributed by atoms with Gasteiger partial charge in [-0.1, -0.05) is 48.0 Å². The molecule has 2 rings (SSSR count). The average molecular weight is 246 g/mol. The molecule has 0 fully saturated rings. The van der Waals surface area contributed by atoms with Crippen LogP contribution in [0.2, 0.25) is 5.02 Å². The summed E-state index contributed by atoms with van der Waals surface area (Å²) in [5, 5.41) is 10.1. The summed E-state index contributed by atoms with van der Waals surface area (Å²) >= 11 is 5.92. The molecule has 0 aliphatic rings. The van der Waals surface area contributed by atoms with Gasteiger partial charge in [0.2, 0.25) is 0 Å². The lowest BCUT2D eigenvalue weighted by molar-refractivity contribution is 0.199. The fourth-order valence-electron chi connectivity index (χ4n) is 1.66. The van der Waals surface area contributed by atoms with Gasteiger partial charge in [0.1, 0.15) is 0 Å². The van der Waals surface area contributed by atoms with Crippen LogP contribution in [0.25, 0.3) is 0 Å². The maximum Gasteiger partial charge on any atom is 0.0761 e. The van der Waals surface area contributed by atoms with Gasteiger partial charge in [-0.15, -0.1) is 0 Å². The predicted octanol–water partition coefficient (Wildman–Crippen LogP) is 3.99. The quantitative estimate of drug-likeness (QED) is 0.867.